The summed E-state index contributed by atoms with van der Waals surface area (Å²) in [5, 5.41) is 0. The molecule has 2 heterocycles. The zero-order valence-corrected chi connectivity index (χ0v) is 13.4. The third-order valence-corrected chi connectivity index (χ3v) is 5.76. The van der Waals surface area contributed by atoms with Gasteiger partial charge in [0.2, 0.25) is 15.9 Å². The molecule has 0 unspecified atom stereocenters. The standard InChI is InChI=1S/C14H19N3O5S/c15-14(18)10-16-3-5-17(6-4-16)23(19,20)11-1-2-12-13(9-11)22-8-7-21-12/h1-2,9H,3-8,10H2,(H2,15,18). The highest BCUT2D eigenvalue weighted by atomic mass is 32.2. The largest absolute Gasteiger partial charge is 0.486 e. The Morgan fingerprint density at radius 2 is 1.74 bits per heavy atom. The van der Waals surface area contributed by atoms with Crippen LogP contribution in [0.3, 0.4) is 0 Å². The molecule has 0 aromatic heterocycles. The molecule has 1 aromatic carbocycles. The van der Waals surface area contributed by atoms with E-state index >= 15 is 0 Å². The van der Waals surface area contributed by atoms with Crippen LogP contribution in [0, 0.1) is 0 Å². The van der Waals surface area contributed by atoms with Crippen molar-refractivity contribution in [2.45, 2.75) is 4.90 Å². The van der Waals surface area contributed by atoms with E-state index < -0.39 is 15.9 Å². The number of ether oxygens (including phenoxy) is 2. The van der Waals surface area contributed by atoms with Gasteiger partial charge in [0.25, 0.3) is 0 Å². The molecule has 3 rings (SSSR count). The van der Waals surface area contributed by atoms with Crippen LogP contribution in [-0.4, -0.2) is 69.5 Å². The van der Waals surface area contributed by atoms with Gasteiger partial charge in [-0.05, 0) is 12.1 Å². The molecule has 0 atom stereocenters. The number of sulfonamides is 1. The molecule has 0 saturated carbocycles. The summed E-state index contributed by atoms with van der Waals surface area (Å²) in [5.41, 5.74) is 5.16. The van der Waals surface area contributed by atoms with Crippen molar-refractivity contribution in [3.63, 3.8) is 0 Å². The number of benzene rings is 1. The molecule has 23 heavy (non-hydrogen) atoms. The summed E-state index contributed by atoms with van der Waals surface area (Å²) in [7, 11) is -3.59. The van der Waals surface area contributed by atoms with Gasteiger partial charge in [-0.2, -0.15) is 4.31 Å². The number of hydrogen-bond donors (Lipinski definition) is 1. The lowest BCUT2D eigenvalue weighted by Crippen LogP contribution is -2.50. The summed E-state index contributed by atoms with van der Waals surface area (Å²) in [5.74, 6) is 0.597. The Morgan fingerprint density at radius 3 is 2.39 bits per heavy atom. The van der Waals surface area contributed by atoms with Crippen molar-refractivity contribution in [3.05, 3.63) is 18.2 Å². The van der Waals surface area contributed by atoms with Crippen LogP contribution in [0.1, 0.15) is 0 Å². The average Bonchev–Trinajstić information content (AvgIpc) is 2.54. The summed E-state index contributed by atoms with van der Waals surface area (Å²) in [4.78, 5) is 13.0. The number of nitrogens with zero attached hydrogens (tertiary/aromatic N) is 2. The second-order valence-electron chi connectivity index (χ2n) is 5.45. The van der Waals surface area contributed by atoms with E-state index in [1.807, 2.05) is 4.90 Å². The number of hydrogen-bond acceptors (Lipinski definition) is 6. The highest BCUT2D eigenvalue weighted by Gasteiger charge is 2.30. The maximum atomic E-state index is 12.7. The van der Waals surface area contributed by atoms with E-state index in [0.29, 0.717) is 50.9 Å². The lowest BCUT2D eigenvalue weighted by Gasteiger charge is -2.33. The van der Waals surface area contributed by atoms with Gasteiger partial charge in [0.1, 0.15) is 13.2 Å². The number of amides is 1. The van der Waals surface area contributed by atoms with Crippen molar-refractivity contribution in [2.75, 3.05) is 45.9 Å². The van der Waals surface area contributed by atoms with Gasteiger partial charge in [0, 0.05) is 32.2 Å². The van der Waals surface area contributed by atoms with Crippen LogP contribution in [-0.2, 0) is 14.8 Å². The van der Waals surface area contributed by atoms with Crippen LogP contribution in [0.25, 0.3) is 0 Å². The maximum absolute atomic E-state index is 12.7. The monoisotopic (exact) mass is 341 g/mol. The average molecular weight is 341 g/mol. The second kappa shape index (κ2) is 6.34. The fourth-order valence-corrected chi connectivity index (χ4v) is 4.12. The van der Waals surface area contributed by atoms with E-state index in [1.54, 1.807) is 6.07 Å². The number of carbonyl (C=O) groups excluding carboxylic acids is 1. The topological polar surface area (TPSA) is 102 Å². The number of nitrogens with two attached hydrogens (primary N) is 1. The summed E-state index contributed by atoms with van der Waals surface area (Å²) in [6, 6.07) is 4.64. The minimum atomic E-state index is -3.59. The third kappa shape index (κ3) is 3.41. The molecular weight excluding hydrogens is 322 g/mol. The molecule has 0 spiro atoms. The Kier molecular flexibility index (Phi) is 4.42. The Bertz CT molecular complexity index is 698. The fourth-order valence-electron chi connectivity index (χ4n) is 2.68. The Hall–Kier alpha value is -1.84. The number of fused-ring (bicyclic) bond motifs is 1. The Balaban J connectivity index is 1.73. The van der Waals surface area contributed by atoms with Crippen molar-refractivity contribution >= 4 is 15.9 Å². The molecule has 2 aliphatic rings. The first-order chi connectivity index (χ1) is 11.0. The smallest absolute Gasteiger partial charge is 0.243 e. The molecule has 1 saturated heterocycles. The molecule has 1 amide bonds. The molecule has 8 nitrogen and oxygen atoms in total. The van der Waals surface area contributed by atoms with Crippen molar-refractivity contribution in [3.8, 4) is 11.5 Å². The van der Waals surface area contributed by atoms with Crippen LogP contribution < -0.4 is 15.2 Å². The first-order valence-electron chi connectivity index (χ1n) is 7.37. The minimum Gasteiger partial charge on any atom is -0.486 e. The van der Waals surface area contributed by atoms with Gasteiger partial charge in [-0.15, -0.1) is 0 Å². The van der Waals surface area contributed by atoms with Gasteiger partial charge >= 0.3 is 0 Å². The van der Waals surface area contributed by atoms with Gasteiger partial charge in [-0.1, -0.05) is 0 Å². The highest BCUT2D eigenvalue weighted by Crippen LogP contribution is 2.33. The number of rotatable bonds is 4. The van der Waals surface area contributed by atoms with E-state index in [2.05, 4.69) is 0 Å². The summed E-state index contributed by atoms with van der Waals surface area (Å²) < 4.78 is 37.7. The van der Waals surface area contributed by atoms with E-state index in [-0.39, 0.29) is 11.4 Å². The lowest BCUT2D eigenvalue weighted by molar-refractivity contribution is -0.119. The van der Waals surface area contributed by atoms with E-state index in [0.717, 1.165) is 0 Å². The molecule has 126 valence electrons. The molecule has 0 aliphatic carbocycles. The zero-order valence-electron chi connectivity index (χ0n) is 12.6. The number of piperazine rings is 1. The van der Waals surface area contributed by atoms with E-state index in [4.69, 9.17) is 15.2 Å². The first kappa shape index (κ1) is 16.0. The zero-order chi connectivity index (χ0) is 16.4. The summed E-state index contributed by atoms with van der Waals surface area (Å²) in [6.07, 6.45) is 0. The molecule has 0 bridgehead atoms. The van der Waals surface area contributed by atoms with Crippen LogP contribution in [0.15, 0.2) is 23.1 Å². The lowest BCUT2D eigenvalue weighted by atomic mass is 10.3. The molecule has 2 aliphatic heterocycles. The summed E-state index contributed by atoms with van der Waals surface area (Å²) >= 11 is 0. The van der Waals surface area contributed by atoms with Gasteiger partial charge in [-0.3, -0.25) is 9.69 Å². The molecule has 9 heteroatoms. The molecule has 0 radical (unpaired) electrons. The second-order valence-corrected chi connectivity index (χ2v) is 7.39. The van der Waals surface area contributed by atoms with E-state index in [9.17, 15) is 13.2 Å². The van der Waals surface area contributed by atoms with Crippen LogP contribution in [0.2, 0.25) is 0 Å². The van der Waals surface area contributed by atoms with Gasteiger partial charge in [0.15, 0.2) is 11.5 Å². The van der Waals surface area contributed by atoms with Gasteiger partial charge in [-0.25, -0.2) is 8.42 Å². The van der Waals surface area contributed by atoms with Crippen LogP contribution in [0.4, 0.5) is 0 Å². The maximum Gasteiger partial charge on any atom is 0.243 e. The third-order valence-electron chi connectivity index (χ3n) is 3.86. The highest BCUT2D eigenvalue weighted by molar-refractivity contribution is 7.89. The van der Waals surface area contributed by atoms with Crippen molar-refractivity contribution in [1.29, 1.82) is 0 Å². The predicted octanol–water partition coefficient (Wildman–Crippen LogP) is -0.751. The van der Waals surface area contributed by atoms with Crippen molar-refractivity contribution in [2.24, 2.45) is 5.73 Å². The normalized spacial score (nSPS) is 19.5. The van der Waals surface area contributed by atoms with Crippen LogP contribution >= 0.6 is 0 Å². The van der Waals surface area contributed by atoms with Crippen molar-refractivity contribution in [1.82, 2.24) is 9.21 Å². The molecule has 2 N–H and O–H groups in total. The minimum absolute atomic E-state index is 0.151. The van der Waals surface area contributed by atoms with E-state index in [1.165, 1.54) is 16.4 Å². The quantitative estimate of drug-likeness (QED) is 0.773. The number of primary amides is 1. The molecule has 1 aromatic rings. The van der Waals surface area contributed by atoms with Crippen molar-refractivity contribution < 1.29 is 22.7 Å². The summed E-state index contributed by atoms with van der Waals surface area (Å²) in [6.45, 7) is 2.62. The number of carbonyl (C=O) groups is 1. The fraction of sp³-hybridized carbons (Fsp3) is 0.500. The predicted molar refractivity (Wildman–Crippen MR) is 81.8 cm³/mol. The van der Waals surface area contributed by atoms with Crippen LogP contribution in [0.5, 0.6) is 11.5 Å². The Morgan fingerprint density at radius 1 is 1.09 bits per heavy atom. The first-order valence-corrected chi connectivity index (χ1v) is 8.81. The molecule has 1 fully saturated rings. The Labute approximate surface area is 134 Å². The molecular formula is C14H19N3O5S. The van der Waals surface area contributed by atoms with Gasteiger partial charge < -0.3 is 15.2 Å². The SMILES string of the molecule is NC(=O)CN1CCN(S(=O)(=O)c2ccc3c(c2)OCCO3)CC1. The van der Waals surface area contributed by atoms with Gasteiger partial charge in [0.05, 0.1) is 11.4 Å².